The van der Waals surface area contributed by atoms with Crippen LogP contribution in [0.25, 0.3) is 0 Å². The van der Waals surface area contributed by atoms with Crippen molar-refractivity contribution in [2.75, 3.05) is 18.6 Å². The number of rotatable bonds is 3. The van der Waals surface area contributed by atoms with Gasteiger partial charge in [0.05, 0.1) is 7.11 Å². The first-order valence-electron chi connectivity index (χ1n) is 7.14. The molecule has 2 fully saturated rings. The van der Waals surface area contributed by atoms with Gasteiger partial charge in [-0.05, 0) is 32.1 Å². The third-order valence-corrected chi connectivity index (χ3v) is 4.04. The molecule has 2 heterocycles. The molecule has 0 aromatic carbocycles. The molecule has 1 unspecified atom stereocenters. The summed E-state index contributed by atoms with van der Waals surface area (Å²) in [6, 6.07) is -0.0744. The number of carbonyl (C=O) groups is 1. The second-order valence-corrected chi connectivity index (χ2v) is 5.42. The number of anilines is 1. The maximum Gasteiger partial charge on any atom is 0.328 e. The van der Waals surface area contributed by atoms with Gasteiger partial charge < -0.3 is 14.2 Å². The van der Waals surface area contributed by atoms with Gasteiger partial charge in [-0.1, -0.05) is 0 Å². The highest BCUT2D eigenvalue weighted by molar-refractivity contribution is 5.79. The normalized spacial score (nSPS) is 22.6. The van der Waals surface area contributed by atoms with Crippen molar-refractivity contribution < 1.29 is 9.53 Å². The monoisotopic (exact) mass is 277 g/mol. The van der Waals surface area contributed by atoms with Crippen molar-refractivity contribution in [1.82, 2.24) is 9.55 Å². The number of aromatic nitrogens is 2. The number of hydrogen-bond acceptors (Lipinski definition) is 5. The number of ether oxygens (including phenoxy) is 1. The van der Waals surface area contributed by atoms with Crippen LogP contribution in [0.15, 0.2) is 17.2 Å². The van der Waals surface area contributed by atoms with Gasteiger partial charge in [-0.2, -0.15) is 0 Å². The Morgan fingerprint density at radius 3 is 2.85 bits per heavy atom. The van der Waals surface area contributed by atoms with E-state index >= 15 is 0 Å². The maximum absolute atomic E-state index is 12.5. The molecule has 1 aliphatic carbocycles. The molecule has 1 aromatic rings. The lowest BCUT2D eigenvalue weighted by Crippen LogP contribution is -2.48. The van der Waals surface area contributed by atoms with Gasteiger partial charge in [0.2, 0.25) is 0 Å². The number of hydrogen-bond donors (Lipinski definition) is 0. The van der Waals surface area contributed by atoms with Crippen LogP contribution in [0.3, 0.4) is 0 Å². The predicted octanol–water partition coefficient (Wildman–Crippen LogP) is 1.11. The molecule has 0 N–H and O–H groups in total. The lowest BCUT2D eigenvalue weighted by molar-refractivity contribution is -0.142. The van der Waals surface area contributed by atoms with E-state index in [4.69, 9.17) is 4.74 Å². The maximum atomic E-state index is 12.5. The van der Waals surface area contributed by atoms with E-state index in [-0.39, 0.29) is 17.6 Å². The standard InChI is InChI=1S/C14H19N3O3/c1-20-14(19)11-4-2-3-8-17(11)12-13(18)16(9-7-15-12)10-5-6-10/h7,9-11H,2-6,8H2,1H3. The van der Waals surface area contributed by atoms with Crippen LogP contribution in [-0.2, 0) is 9.53 Å². The van der Waals surface area contributed by atoms with Gasteiger partial charge in [0.1, 0.15) is 6.04 Å². The molecule has 0 bridgehead atoms. The summed E-state index contributed by atoms with van der Waals surface area (Å²) in [6.07, 6.45) is 8.13. The number of piperidine rings is 1. The summed E-state index contributed by atoms with van der Waals surface area (Å²) in [6.45, 7) is 0.677. The Morgan fingerprint density at radius 2 is 2.15 bits per heavy atom. The first kappa shape index (κ1) is 13.1. The molecule has 20 heavy (non-hydrogen) atoms. The van der Waals surface area contributed by atoms with E-state index in [0.717, 1.165) is 25.7 Å². The molecule has 0 radical (unpaired) electrons. The van der Waals surface area contributed by atoms with E-state index in [1.807, 2.05) is 4.90 Å². The molecule has 0 spiro atoms. The zero-order valence-corrected chi connectivity index (χ0v) is 11.6. The first-order valence-corrected chi connectivity index (χ1v) is 7.14. The first-order chi connectivity index (χ1) is 9.72. The van der Waals surface area contributed by atoms with Crippen LogP contribution in [0.1, 0.15) is 38.1 Å². The van der Waals surface area contributed by atoms with Gasteiger partial charge >= 0.3 is 5.97 Å². The Morgan fingerprint density at radius 1 is 1.35 bits per heavy atom. The number of nitrogens with zero attached hydrogens (tertiary/aromatic N) is 3. The summed E-state index contributed by atoms with van der Waals surface area (Å²) < 4.78 is 6.60. The van der Waals surface area contributed by atoms with Crippen molar-refractivity contribution in [2.24, 2.45) is 0 Å². The fraction of sp³-hybridized carbons (Fsp3) is 0.643. The molecule has 1 saturated carbocycles. The number of methoxy groups -OCH3 is 1. The Kier molecular flexibility index (Phi) is 3.46. The van der Waals surface area contributed by atoms with Crippen LogP contribution >= 0.6 is 0 Å². The van der Waals surface area contributed by atoms with E-state index in [1.165, 1.54) is 7.11 Å². The Labute approximate surface area is 117 Å². The fourth-order valence-corrected chi connectivity index (χ4v) is 2.82. The van der Waals surface area contributed by atoms with Gasteiger partial charge in [0.25, 0.3) is 5.56 Å². The molecule has 1 saturated heterocycles. The summed E-state index contributed by atoms with van der Waals surface area (Å²) in [5.74, 6) is 0.0993. The van der Waals surface area contributed by atoms with Crippen molar-refractivity contribution in [1.29, 1.82) is 0 Å². The van der Waals surface area contributed by atoms with Gasteiger partial charge in [-0.3, -0.25) is 4.79 Å². The van der Waals surface area contributed by atoms with Crippen LogP contribution in [0.5, 0.6) is 0 Å². The van der Waals surface area contributed by atoms with Crippen LogP contribution in [0.4, 0.5) is 5.82 Å². The molecule has 6 nitrogen and oxygen atoms in total. The molecule has 108 valence electrons. The minimum absolute atomic E-state index is 0.0918. The molecule has 1 aliphatic heterocycles. The van der Waals surface area contributed by atoms with E-state index in [9.17, 15) is 9.59 Å². The number of carbonyl (C=O) groups excluding carboxylic acids is 1. The zero-order chi connectivity index (χ0) is 14.1. The third-order valence-electron chi connectivity index (χ3n) is 4.04. The molecule has 2 aliphatic rings. The summed E-state index contributed by atoms with van der Waals surface area (Å²) in [7, 11) is 1.38. The molecule has 1 atom stereocenters. The summed E-state index contributed by atoms with van der Waals surface area (Å²) >= 11 is 0. The van der Waals surface area contributed by atoms with Crippen LogP contribution in [0.2, 0.25) is 0 Å². The lowest BCUT2D eigenvalue weighted by atomic mass is 10.0. The highest BCUT2D eigenvalue weighted by Gasteiger charge is 2.33. The van der Waals surface area contributed by atoms with Crippen LogP contribution < -0.4 is 10.5 Å². The van der Waals surface area contributed by atoms with Gasteiger partial charge in [0, 0.05) is 25.0 Å². The Hall–Kier alpha value is -1.85. The Balaban J connectivity index is 1.95. The van der Waals surface area contributed by atoms with Crippen molar-refractivity contribution in [3.05, 3.63) is 22.7 Å². The quantitative estimate of drug-likeness (QED) is 0.774. The highest BCUT2D eigenvalue weighted by atomic mass is 16.5. The summed E-state index contributed by atoms with van der Waals surface area (Å²) in [4.78, 5) is 30.4. The Bertz CT molecular complexity index is 565. The van der Waals surface area contributed by atoms with Crippen molar-refractivity contribution in [3.8, 4) is 0 Å². The van der Waals surface area contributed by atoms with E-state index in [1.54, 1.807) is 17.0 Å². The largest absolute Gasteiger partial charge is 0.467 e. The molecule has 1 aromatic heterocycles. The summed E-state index contributed by atoms with van der Waals surface area (Å²) in [5.41, 5.74) is -0.0918. The molecule has 6 heteroatoms. The molecular weight excluding hydrogens is 258 g/mol. The lowest BCUT2D eigenvalue weighted by Gasteiger charge is -2.34. The average molecular weight is 277 g/mol. The van der Waals surface area contributed by atoms with Crippen LogP contribution in [0, 0.1) is 0 Å². The molecular formula is C14H19N3O3. The second kappa shape index (κ2) is 5.26. The van der Waals surface area contributed by atoms with Gasteiger partial charge in [0.15, 0.2) is 5.82 Å². The molecule has 3 rings (SSSR count). The fourth-order valence-electron chi connectivity index (χ4n) is 2.82. The second-order valence-electron chi connectivity index (χ2n) is 5.42. The van der Waals surface area contributed by atoms with E-state index in [2.05, 4.69) is 4.98 Å². The third kappa shape index (κ3) is 2.30. The predicted molar refractivity (Wildman–Crippen MR) is 73.8 cm³/mol. The SMILES string of the molecule is COC(=O)C1CCCCN1c1nccn(C2CC2)c1=O. The van der Waals surface area contributed by atoms with E-state index in [0.29, 0.717) is 24.8 Å². The number of esters is 1. The minimum Gasteiger partial charge on any atom is -0.467 e. The van der Waals surface area contributed by atoms with Gasteiger partial charge in [-0.25, -0.2) is 9.78 Å². The van der Waals surface area contributed by atoms with E-state index < -0.39 is 0 Å². The minimum atomic E-state index is -0.385. The van der Waals surface area contributed by atoms with Crippen molar-refractivity contribution >= 4 is 11.8 Å². The summed E-state index contributed by atoms with van der Waals surface area (Å²) in [5, 5.41) is 0. The van der Waals surface area contributed by atoms with Crippen LogP contribution in [-0.4, -0.2) is 35.2 Å². The molecule has 0 amide bonds. The van der Waals surface area contributed by atoms with Gasteiger partial charge in [-0.15, -0.1) is 0 Å². The smallest absolute Gasteiger partial charge is 0.328 e. The topological polar surface area (TPSA) is 64.4 Å². The average Bonchev–Trinajstić information content (AvgIpc) is 3.31. The van der Waals surface area contributed by atoms with Crippen molar-refractivity contribution in [3.63, 3.8) is 0 Å². The highest BCUT2D eigenvalue weighted by Crippen LogP contribution is 2.33. The van der Waals surface area contributed by atoms with Crippen molar-refractivity contribution in [2.45, 2.75) is 44.2 Å². The zero-order valence-electron chi connectivity index (χ0n) is 11.6.